The third-order valence-electron chi connectivity index (χ3n) is 3.19. The molecule has 24 heavy (non-hydrogen) atoms. The molecule has 0 spiro atoms. The quantitative estimate of drug-likeness (QED) is 0.865. The van der Waals surface area contributed by atoms with Gasteiger partial charge in [0.05, 0.1) is 18.2 Å². The molecule has 2 amide bonds. The third kappa shape index (κ3) is 6.29. The summed E-state index contributed by atoms with van der Waals surface area (Å²) in [6.07, 6.45) is -0.722. The number of nitrogens with one attached hydrogen (secondary N) is 1. The van der Waals surface area contributed by atoms with E-state index < -0.39 is 6.10 Å². The summed E-state index contributed by atoms with van der Waals surface area (Å²) in [5.74, 6) is 0.0410. The Balaban J connectivity index is 2.67. The number of nitriles is 1. The molecule has 0 fully saturated rings. The van der Waals surface area contributed by atoms with Crippen LogP contribution in [0.2, 0.25) is 0 Å². The van der Waals surface area contributed by atoms with Gasteiger partial charge in [-0.25, -0.2) is 0 Å². The number of likely N-dealkylation sites (N-methyl/N-ethyl adjacent to an activating group) is 1. The minimum atomic E-state index is -0.722. The maximum absolute atomic E-state index is 12.5. The van der Waals surface area contributed by atoms with Gasteiger partial charge in [0.25, 0.3) is 5.91 Å². The van der Waals surface area contributed by atoms with Gasteiger partial charge < -0.3 is 15.0 Å². The molecule has 0 bridgehead atoms. The molecule has 1 aromatic rings. The number of hydrogen-bond donors (Lipinski definition) is 1. The summed E-state index contributed by atoms with van der Waals surface area (Å²) in [6.45, 7) is 9.53. The van der Waals surface area contributed by atoms with Crippen molar-refractivity contribution < 1.29 is 14.3 Å². The summed E-state index contributed by atoms with van der Waals surface area (Å²) >= 11 is 0. The standard InChI is InChI=1S/C18H25N3O3/c1-6-21(12-16(22)20-18(3,4)5)17(23)13(2)24-15-9-7-14(11-19)8-10-15/h7-10,13H,6,12H2,1-5H3,(H,20,22). The van der Waals surface area contributed by atoms with Gasteiger partial charge in [-0.3, -0.25) is 9.59 Å². The van der Waals surface area contributed by atoms with Gasteiger partial charge in [0.2, 0.25) is 5.91 Å². The summed E-state index contributed by atoms with van der Waals surface area (Å²) in [5.41, 5.74) is 0.180. The van der Waals surface area contributed by atoms with Crippen LogP contribution in [0.3, 0.4) is 0 Å². The van der Waals surface area contributed by atoms with Crippen LogP contribution in [0.15, 0.2) is 24.3 Å². The summed E-state index contributed by atoms with van der Waals surface area (Å²) in [5, 5.41) is 11.6. The molecule has 0 aliphatic carbocycles. The minimum Gasteiger partial charge on any atom is -0.481 e. The van der Waals surface area contributed by atoms with E-state index in [9.17, 15) is 9.59 Å². The van der Waals surface area contributed by atoms with Crippen LogP contribution in [0.4, 0.5) is 0 Å². The Morgan fingerprint density at radius 1 is 1.29 bits per heavy atom. The van der Waals surface area contributed by atoms with Crippen molar-refractivity contribution in [3.8, 4) is 11.8 Å². The van der Waals surface area contributed by atoms with Crippen molar-refractivity contribution in [1.29, 1.82) is 5.26 Å². The Morgan fingerprint density at radius 3 is 2.33 bits per heavy atom. The fourth-order valence-electron chi connectivity index (χ4n) is 2.10. The topological polar surface area (TPSA) is 82.4 Å². The van der Waals surface area contributed by atoms with Crippen molar-refractivity contribution in [3.05, 3.63) is 29.8 Å². The molecule has 1 aromatic carbocycles. The van der Waals surface area contributed by atoms with Crippen LogP contribution in [-0.4, -0.2) is 41.4 Å². The number of ether oxygens (including phenoxy) is 1. The number of carbonyl (C=O) groups excluding carboxylic acids is 2. The van der Waals surface area contributed by atoms with Gasteiger partial charge in [-0.2, -0.15) is 5.26 Å². The molecule has 0 aliphatic heterocycles. The number of carbonyl (C=O) groups is 2. The lowest BCUT2D eigenvalue weighted by Crippen LogP contribution is -2.49. The van der Waals surface area contributed by atoms with Gasteiger partial charge in [0, 0.05) is 12.1 Å². The largest absolute Gasteiger partial charge is 0.481 e. The molecule has 6 heteroatoms. The van der Waals surface area contributed by atoms with E-state index in [2.05, 4.69) is 5.32 Å². The maximum Gasteiger partial charge on any atom is 0.263 e. The highest BCUT2D eigenvalue weighted by Gasteiger charge is 2.24. The molecular weight excluding hydrogens is 306 g/mol. The molecule has 0 heterocycles. The molecule has 0 saturated heterocycles. The van der Waals surface area contributed by atoms with Gasteiger partial charge in [-0.15, -0.1) is 0 Å². The van der Waals surface area contributed by atoms with E-state index in [1.54, 1.807) is 31.2 Å². The van der Waals surface area contributed by atoms with Gasteiger partial charge in [0.1, 0.15) is 5.75 Å². The molecule has 0 saturated carbocycles. The Labute approximate surface area is 143 Å². The predicted octanol–water partition coefficient (Wildman–Crippen LogP) is 2.09. The Kier molecular flexibility index (Phi) is 6.78. The first kappa shape index (κ1) is 19.5. The molecule has 1 unspecified atom stereocenters. The molecule has 1 N–H and O–H groups in total. The van der Waals surface area contributed by atoms with Crippen LogP contribution in [0, 0.1) is 11.3 Å². The van der Waals surface area contributed by atoms with Gasteiger partial charge in [0.15, 0.2) is 6.10 Å². The molecule has 6 nitrogen and oxygen atoms in total. The predicted molar refractivity (Wildman–Crippen MR) is 91.4 cm³/mol. The molecule has 130 valence electrons. The van der Waals surface area contributed by atoms with Gasteiger partial charge in [-0.1, -0.05) is 0 Å². The van der Waals surface area contributed by atoms with Crippen molar-refractivity contribution in [3.63, 3.8) is 0 Å². The van der Waals surface area contributed by atoms with Crippen LogP contribution >= 0.6 is 0 Å². The molecule has 0 aromatic heterocycles. The van der Waals surface area contributed by atoms with Crippen LogP contribution < -0.4 is 10.1 Å². The van der Waals surface area contributed by atoms with E-state index in [4.69, 9.17) is 10.00 Å². The minimum absolute atomic E-state index is 0.00628. The van der Waals surface area contributed by atoms with Crippen molar-refractivity contribution in [2.24, 2.45) is 0 Å². The second-order valence-corrected chi connectivity index (χ2v) is 6.55. The zero-order chi connectivity index (χ0) is 18.3. The monoisotopic (exact) mass is 331 g/mol. The normalized spacial score (nSPS) is 12.0. The third-order valence-corrected chi connectivity index (χ3v) is 3.19. The van der Waals surface area contributed by atoms with Crippen molar-refractivity contribution in [2.75, 3.05) is 13.1 Å². The first-order valence-electron chi connectivity index (χ1n) is 7.93. The Hall–Kier alpha value is -2.55. The lowest BCUT2D eigenvalue weighted by Gasteiger charge is -2.27. The van der Waals surface area contributed by atoms with Crippen LogP contribution in [0.5, 0.6) is 5.75 Å². The van der Waals surface area contributed by atoms with Crippen molar-refractivity contribution in [1.82, 2.24) is 10.2 Å². The second-order valence-electron chi connectivity index (χ2n) is 6.55. The molecular formula is C18H25N3O3. The molecule has 0 aliphatic rings. The highest BCUT2D eigenvalue weighted by molar-refractivity contribution is 5.87. The SMILES string of the molecule is CCN(CC(=O)NC(C)(C)C)C(=O)C(C)Oc1ccc(C#N)cc1. The summed E-state index contributed by atoms with van der Waals surface area (Å²) in [6, 6.07) is 8.56. The zero-order valence-electron chi connectivity index (χ0n) is 14.9. The van der Waals surface area contributed by atoms with E-state index in [0.717, 1.165) is 0 Å². The first-order valence-corrected chi connectivity index (χ1v) is 7.93. The molecule has 0 radical (unpaired) electrons. The number of benzene rings is 1. The number of nitrogens with zero attached hydrogens (tertiary/aromatic N) is 2. The van der Waals surface area contributed by atoms with E-state index in [1.807, 2.05) is 33.8 Å². The smallest absolute Gasteiger partial charge is 0.263 e. The molecule has 1 atom stereocenters. The molecule has 1 rings (SSSR count). The first-order chi connectivity index (χ1) is 11.2. The van der Waals surface area contributed by atoms with Gasteiger partial charge >= 0.3 is 0 Å². The van der Waals surface area contributed by atoms with E-state index in [0.29, 0.717) is 17.9 Å². The fourth-order valence-corrected chi connectivity index (χ4v) is 2.10. The number of hydrogen-bond acceptors (Lipinski definition) is 4. The summed E-state index contributed by atoms with van der Waals surface area (Å²) in [7, 11) is 0. The van der Waals surface area contributed by atoms with Gasteiger partial charge in [-0.05, 0) is 58.9 Å². The van der Waals surface area contributed by atoms with Crippen molar-refractivity contribution in [2.45, 2.75) is 46.3 Å². The Morgan fingerprint density at radius 2 is 1.88 bits per heavy atom. The van der Waals surface area contributed by atoms with Crippen LogP contribution in [-0.2, 0) is 9.59 Å². The highest BCUT2D eigenvalue weighted by Crippen LogP contribution is 2.14. The van der Waals surface area contributed by atoms with Crippen molar-refractivity contribution >= 4 is 11.8 Å². The zero-order valence-corrected chi connectivity index (χ0v) is 14.9. The summed E-state index contributed by atoms with van der Waals surface area (Å²) in [4.78, 5) is 25.9. The van der Waals surface area contributed by atoms with Crippen LogP contribution in [0.1, 0.15) is 40.2 Å². The number of amides is 2. The number of rotatable bonds is 6. The fraction of sp³-hybridized carbons (Fsp3) is 0.500. The lowest BCUT2D eigenvalue weighted by molar-refractivity contribution is -0.141. The van der Waals surface area contributed by atoms with E-state index in [-0.39, 0.29) is 23.9 Å². The second kappa shape index (κ2) is 8.34. The van der Waals surface area contributed by atoms with Crippen LogP contribution in [0.25, 0.3) is 0 Å². The Bertz CT molecular complexity index is 612. The summed E-state index contributed by atoms with van der Waals surface area (Å²) < 4.78 is 5.61. The highest BCUT2D eigenvalue weighted by atomic mass is 16.5. The lowest BCUT2D eigenvalue weighted by atomic mass is 10.1. The van der Waals surface area contributed by atoms with E-state index >= 15 is 0 Å². The van der Waals surface area contributed by atoms with E-state index in [1.165, 1.54) is 4.90 Å². The average molecular weight is 331 g/mol. The average Bonchev–Trinajstić information content (AvgIpc) is 2.50. The maximum atomic E-state index is 12.5.